The zero-order valence-corrected chi connectivity index (χ0v) is 10.5. The van der Waals surface area contributed by atoms with Gasteiger partial charge in [0.05, 0.1) is 11.2 Å². The lowest BCUT2D eigenvalue weighted by Crippen LogP contribution is -2.41. The molecule has 0 N–H and O–H groups in total. The summed E-state index contributed by atoms with van der Waals surface area (Å²) in [5.74, 6) is 0.874. The molecule has 1 aliphatic heterocycles. The van der Waals surface area contributed by atoms with E-state index in [9.17, 15) is 0 Å². The molecule has 0 saturated carbocycles. The molecule has 0 unspecified atom stereocenters. The van der Waals surface area contributed by atoms with Crippen LogP contribution in [0.3, 0.4) is 0 Å². The Morgan fingerprint density at radius 1 is 1.25 bits per heavy atom. The van der Waals surface area contributed by atoms with E-state index in [1.807, 2.05) is 39.3 Å². The lowest BCUT2D eigenvalue weighted by Gasteiger charge is -2.32. The highest BCUT2D eigenvalue weighted by Crippen LogP contribution is 2.37. The molecule has 6 heteroatoms. The van der Waals surface area contributed by atoms with Crippen molar-refractivity contribution in [3.63, 3.8) is 0 Å². The topological polar surface area (TPSA) is 49.2 Å². The van der Waals surface area contributed by atoms with E-state index in [1.165, 1.54) is 0 Å². The first-order valence-electron chi connectivity index (χ1n) is 5.50. The first-order chi connectivity index (χ1) is 7.32. The van der Waals surface area contributed by atoms with Gasteiger partial charge in [0, 0.05) is 13.4 Å². The Balaban J connectivity index is 2.08. The summed E-state index contributed by atoms with van der Waals surface area (Å²) >= 11 is 0. The third-order valence-electron chi connectivity index (χ3n) is 3.46. The quantitative estimate of drug-likeness (QED) is 0.701. The third-order valence-corrected chi connectivity index (χ3v) is 3.46. The number of hydrogen-bond donors (Lipinski definition) is 0. The Kier molecular flexibility index (Phi) is 2.59. The van der Waals surface area contributed by atoms with Gasteiger partial charge in [0.2, 0.25) is 0 Å². The summed E-state index contributed by atoms with van der Waals surface area (Å²) in [5, 5.41) is 7.87. The van der Waals surface area contributed by atoms with Crippen molar-refractivity contribution < 1.29 is 9.31 Å². The Bertz CT molecular complexity index is 373. The Morgan fingerprint density at radius 2 is 1.81 bits per heavy atom. The molecule has 2 rings (SSSR count). The fourth-order valence-corrected chi connectivity index (χ4v) is 1.69. The molecule has 0 amide bonds. The molecule has 0 bridgehead atoms. The molecule has 0 atom stereocenters. The summed E-state index contributed by atoms with van der Waals surface area (Å²) < 4.78 is 13.7. The van der Waals surface area contributed by atoms with Crippen LogP contribution in [0.2, 0.25) is 0 Å². The molecule has 1 aromatic heterocycles. The van der Waals surface area contributed by atoms with E-state index in [2.05, 4.69) is 10.2 Å². The van der Waals surface area contributed by atoms with E-state index in [0.717, 1.165) is 5.82 Å². The van der Waals surface area contributed by atoms with Crippen molar-refractivity contribution in [3.8, 4) is 0 Å². The maximum absolute atomic E-state index is 5.89. The van der Waals surface area contributed by atoms with E-state index in [0.29, 0.717) is 6.32 Å². The lowest BCUT2D eigenvalue weighted by atomic mass is 9.84. The summed E-state index contributed by atoms with van der Waals surface area (Å²) in [7, 11) is 1.67. The SMILES string of the molecule is Cn1cnnc1CB1OC(C)(C)C(C)(C)O1. The van der Waals surface area contributed by atoms with Gasteiger partial charge in [-0.1, -0.05) is 0 Å². The highest BCUT2D eigenvalue weighted by Gasteiger charge is 2.51. The van der Waals surface area contributed by atoms with Crippen molar-refractivity contribution in [3.05, 3.63) is 12.2 Å². The van der Waals surface area contributed by atoms with Gasteiger partial charge in [-0.15, -0.1) is 10.2 Å². The Labute approximate surface area is 96.3 Å². The molecule has 0 aromatic carbocycles. The minimum atomic E-state index is -0.281. The van der Waals surface area contributed by atoms with Gasteiger partial charge in [0.25, 0.3) is 0 Å². The van der Waals surface area contributed by atoms with Crippen LogP contribution in [0.25, 0.3) is 0 Å². The fourth-order valence-electron chi connectivity index (χ4n) is 1.69. The van der Waals surface area contributed by atoms with Crippen molar-refractivity contribution in [2.24, 2.45) is 7.05 Å². The van der Waals surface area contributed by atoms with Crippen LogP contribution < -0.4 is 0 Å². The van der Waals surface area contributed by atoms with Crippen LogP contribution in [-0.2, 0) is 22.7 Å². The first kappa shape index (κ1) is 11.6. The second-order valence-corrected chi connectivity index (χ2v) is 5.25. The van der Waals surface area contributed by atoms with Gasteiger partial charge in [-0.05, 0) is 27.7 Å². The maximum Gasteiger partial charge on any atom is 0.465 e. The zero-order chi connectivity index (χ0) is 12.0. The largest absolute Gasteiger partial charge is 0.465 e. The summed E-state index contributed by atoms with van der Waals surface area (Å²) in [6, 6.07) is 0. The number of hydrogen-bond acceptors (Lipinski definition) is 4. The first-order valence-corrected chi connectivity index (χ1v) is 5.50. The third kappa shape index (κ3) is 1.87. The van der Waals surface area contributed by atoms with Gasteiger partial charge >= 0.3 is 7.12 Å². The predicted octanol–water partition coefficient (Wildman–Crippen LogP) is 0.989. The Morgan fingerprint density at radius 3 is 2.25 bits per heavy atom. The minimum Gasteiger partial charge on any atom is -0.403 e. The number of aromatic nitrogens is 3. The molecule has 0 spiro atoms. The predicted molar refractivity (Wildman–Crippen MR) is 60.8 cm³/mol. The van der Waals surface area contributed by atoms with E-state index < -0.39 is 0 Å². The van der Waals surface area contributed by atoms with Crippen molar-refractivity contribution in [1.82, 2.24) is 14.8 Å². The molecule has 0 radical (unpaired) electrons. The molecule has 1 aliphatic rings. The van der Waals surface area contributed by atoms with Crippen LogP contribution in [0.5, 0.6) is 0 Å². The van der Waals surface area contributed by atoms with Crippen molar-refractivity contribution in [1.29, 1.82) is 0 Å². The van der Waals surface area contributed by atoms with E-state index >= 15 is 0 Å². The maximum atomic E-state index is 5.89. The average molecular weight is 223 g/mol. The summed E-state index contributed by atoms with van der Waals surface area (Å²) in [5.41, 5.74) is -0.563. The second kappa shape index (κ2) is 3.57. The molecular weight excluding hydrogens is 205 g/mol. The summed E-state index contributed by atoms with van der Waals surface area (Å²) in [6.45, 7) is 8.18. The highest BCUT2D eigenvalue weighted by molar-refractivity contribution is 6.44. The molecule has 1 aromatic rings. The molecule has 88 valence electrons. The molecule has 1 saturated heterocycles. The van der Waals surface area contributed by atoms with Crippen LogP contribution >= 0.6 is 0 Å². The minimum absolute atomic E-state index is 0.243. The number of rotatable bonds is 2. The van der Waals surface area contributed by atoms with Crippen LogP contribution in [0, 0.1) is 0 Å². The van der Waals surface area contributed by atoms with Crippen LogP contribution in [-0.4, -0.2) is 33.1 Å². The van der Waals surface area contributed by atoms with Crippen molar-refractivity contribution in [2.75, 3.05) is 0 Å². The van der Waals surface area contributed by atoms with Gasteiger partial charge in [0.15, 0.2) is 0 Å². The zero-order valence-electron chi connectivity index (χ0n) is 10.5. The number of aryl methyl sites for hydroxylation is 1. The number of nitrogens with zero attached hydrogens (tertiary/aromatic N) is 3. The normalized spacial score (nSPS) is 22.7. The summed E-state index contributed by atoms with van der Waals surface area (Å²) in [4.78, 5) is 0. The second-order valence-electron chi connectivity index (χ2n) is 5.25. The van der Waals surface area contributed by atoms with Crippen molar-refractivity contribution in [2.45, 2.75) is 45.2 Å². The molecule has 2 heterocycles. The van der Waals surface area contributed by atoms with Gasteiger partial charge in [-0.3, -0.25) is 0 Å². The van der Waals surface area contributed by atoms with Crippen molar-refractivity contribution >= 4 is 7.12 Å². The Hall–Kier alpha value is -0.875. The van der Waals surface area contributed by atoms with Gasteiger partial charge < -0.3 is 13.9 Å². The smallest absolute Gasteiger partial charge is 0.403 e. The monoisotopic (exact) mass is 223 g/mol. The van der Waals surface area contributed by atoms with E-state index in [1.54, 1.807) is 6.33 Å². The van der Waals surface area contributed by atoms with Crippen LogP contribution in [0.1, 0.15) is 33.5 Å². The molecule has 0 aliphatic carbocycles. The van der Waals surface area contributed by atoms with E-state index in [4.69, 9.17) is 9.31 Å². The van der Waals surface area contributed by atoms with Gasteiger partial charge in [-0.2, -0.15) is 0 Å². The highest BCUT2D eigenvalue weighted by atomic mass is 16.7. The van der Waals surface area contributed by atoms with Gasteiger partial charge in [-0.25, -0.2) is 0 Å². The lowest BCUT2D eigenvalue weighted by molar-refractivity contribution is 0.00578. The standard InChI is InChI=1S/C10H18BN3O2/c1-9(2)10(3,4)16-11(15-9)6-8-13-12-7-14(8)5/h7H,6H2,1-5H3. The molecule has 5 nitrogen and oxygen atoms in total. The summed E-state index contributed by atoms with van der Waals surface area (Å²) in [6.07, 6.45) is 2.31. The average Bonchev–Trinajstić information content (AvgIpc) is 2.57. The molecular formula is C10H18BN3O2. The van der Waals surface area contributed by atoms with Crippen LogP contribution in [0.4, 0.5) is 0 Å². The van der Waals surface area contributed by atoms with E-state index in [-0.39, 0.29) is 18.3 Å². The fraction of sp³-hybridized carbons (Fsp3) is 0.800. The molecule has 16 heavy (non-hydrogen) atoms. The molecule has 1 fully saturated rings. The van der Waals surface area contributed by atoms with Gasteiger partial charge in [0.1, 0.15) is 12.2 Å². The van der Waals surface area contributed by atoms with Crippen LogP contribution in [0.15, 0.2) is 6.33 Å².